The molecule has 1 rings (SSSR count). The number of hydrogen-bond acceptors (Lipinski definition) is 3. The molecule has 0 aliphatic rings. The number of aliphatic imine (C=N–C) groups is 2. The van der Waals surface area contributed by atoms with E-state index < -0.39 is 0 Å². The molecule has 0 radical (unpaired) electrons. The van der Waals surface area contributed by atoms with Crippen LogP contribution in [0.5, 0.6) is 0 Å². The van der Waals surface area contributed by atoms with Crippen LogP contribution in [0.1, 0.15) is 69.9 Å². The summed E-state index contributed by atoms with van der Waals surface area (Å²) in [6.45, 7) is 13.4. The minimum atomic E-state index is -0.103. The smallest absolute Gasteiger partial charge is 0.126 e. The van der Waals surface area contributed by atoms with Gasteiger partial charge in [0.1, 0.15) is 5.82 Å². The normalized spacial score (nSPS) is 13.0. The van der Waals surface area contributed by atoms with Crippen molar-refractivity contribution >= 4 is 12.9 Å². The fourth-order valence-corrected chi connectivity index (χ4v) is 3.77. The molecule has 0 saturated carbocycles. The molecule has 1 atom stereocenters. The highest BCUT2D eigenvalue weighted by Gasteiger charge is 2.09. The molecule has 0 fully saturated rings. The zero-order chi connectivity index (χ0) is 22.9. The second kappa shape index (κ2) is 16.6. The molecular formula is C27H42FN3. The maximum atomic E-state index is 14.2. The van der Waals surface area contributed by atoms with Crippen LogP contribution >= 0.6 is 0 Å². The quantitative estimate of drug-likeness (QED) is 0.167. The van der Waals surface area contributed by atoms with E-state index in [1.807, 2.05) is 26.3 Å². The van der Waals surface area contributed by atoms with Crippen molar-refractivity contribution in [2.24, 2.45) is 15.9 Å². The third kappa shape index (κ3) is 12.4. The Morgan fingerprint density at radius 2 is 2.03 bits per heavy atom. The standard InChI is InChI=1S/C27H42FN3/c1-6-9-25(20-30-5)21-31-17-15-23(14-16-29-4)10-7-8-11-24-12-13-26(18-22(2)3)27(28)19-24/h12-13,19-21,23,29H,2,5-11,14-18H2,1,3-4H3/b25-20-,31-21-. The number of nitrogens with zero attached hydrogens (tertiary/aromatic N) is 2. The summed E-state index contributed by atoms with van der Waals surface area (Å²) in [4.78, 5) is 8.49. The first-order valence-corrected chi connectivity index (χ1v) is 11.7. The van der Waals surface area contributed by atoms with Crippen LogP contribution in [0.4, 0.5) is 4.39 Å². The number of benzene rings is 1. The van der Waals surface area contributed by atoms with Crippen molar-refractivity contribution in [3.8, 4) is 0 Å². The van der Waals surface area contributed by atoms with E-state index in [1.54, 1.807) is 12.3 Å². The highest BCUT2D eigenvalue weighted by atomic mass is 19.1. The summed E-state index contributed by atoms with van der Waals surface area (Å²) in [7, 11) is 2.01. The fraction of sp³-hybridized carbons (Fsp3) is 0.556. The molecule has 0 aliphatic heterocycles. The highest BCUT2D eigenvalue weighted by Crippen LogP contribution is 2.20. The molecule has 0 heterocycles. The van der Waals surface area contributed by atoms with E-state index in [9.17, 15) is 4.39 Å². The van der Waals surface area contributed by atoms with Gasteiger partial charge in [-0.2, -0.15) is 0 Å². The van der Waals surface area contributed by atoms with Crippen molar-refractivity contribution < 1.29 is 4.39 Å². The minimum Gasteiger partial charge on any atom is -0.320 e. The molecule has 1 N–H and O–H groups in total. The Morgan fingerprint density at radius 3 is 2.68 bits per heavy atom. The molecule has 3 nitrogen and oxygen atoms in total. The van der Waals surface area contributed by atoms with E-state index in [0.29, 0.717) is 12.3 Å². The predicted octanol–water partition coefficient (Wildman–Crippen LogP) is 6.73. The number of nitrogens with one attached hydrogen (secondary N) is 1. The molecule has 0 aromatic heterocycles. The first kappa shape index (κ1) is 27.0. The van der Waals surface area contributed by atoms with Gasteiger partial charge >= 0.3 is 0 Å². The summed E-state index contributed by atoms with van der Waals surface area (Å²) in [5, 5.41) is 3.27. The third-order valence-corrected chi connectivity index (χ3v) is 5.46. The maximum absolute atomic E-state index is 14.2. The molecule has 31 heavy (non-hydrogen) atoms. The van der Waals surface area contributed by atoms with Gasteiger partial charge in [-0.05, 0) is 94.4 Å². The molecule has 0 bridgehead atoms. The third-order valence-electron chi connectivity index (χ3n) is 5.46. The number of allylic oxidation sites excluding steroid dienone is 2. The van der Waals surface area contributed by atoms with Gasteiger partial charge in [0.2, 0.25) is 0 Å². The lowest BCUT2D eigenvalue weighted by atomic mass is 9.93. The van der Waals surface area contributed by atoms with E-state index in [-0.39, 0.29) is 5.82 Å². The van der Waals surface area contributed by atoms with Gasteiger partial charge in [0, 0.05) is 19.0 Å². The number of aryl methyl sites for hydroxylation is 1. The lowest BCUT2D eigenvalue weighted by Crippen LogP contribution is -2.14. The van der Waals surface area contributed by atoms with Gasteiger partial charge in [-0.1, -0.05) is 50.5 Å². The summed E-state index contributed by atoms with van der Waals surface area (Å²) in [6, 6.07) is 5.68. The summed E-state index contributed by atoms with van der Waals surface area (Å²) < 4.78 is 14.2. The molecule has 1 aromatic carbocycles. The van der Waals surface area contributed by atoms with Crippen LogP contribution in [0.2, 0.25) is 0 Å². The van der Waals surface area contributed by atoms with E-state index >= 15 is 0 Å². The van der Waals surface area contributed by atoms with E-state index in [1.165, 1.54) is 12.8 Å². The summed E-state index contributed by atoms with van der Waals surface area (Å²) in [5.74, 6) is 0.559. The van der Waals surface area contributed by atoms with E-state index in [4.69, 9.17) is 0 Å². The Balaban J connectivity index is 2.45. The number of halogens is 1. The Labute approximate surface area is 189 Å². The monoisotopic (exact) mass is 427 g/mol. The Morgan fingerprint density at radius 1 is 1.23 bits per heavy atom. The van der Waals surface area contributed by atoms with Gasteiger partial charge in [0.15, 0.2) is 0 Å². The van der Waals surface area contributed by atoms with Crippen molar-refractivity contribution in [3.63, 3.8) is 0 Å². The number of hydrogen-bond donors (Lipinski definition) is 1. The van der Waals surface area contributed by atoms with Gasteiger partial charge in [-0.25, -0.2) is 4.39 Å². The average molecular weight is 428 g/mol. The van der Waals surface area contributed by atoms with Crippen LogP contribution < -0.4 is 5.32 Å². The lowest BCUT2D eigenvalue weighted by Gasteiger charge is -2.16. The van der Waals surface area contributed by atoms with Gasteiger partial charge < -0.3 is 5.32 Å². The first-order valence-electron chi connectivity index (χ1n) is 11.7. The van der Waals surface area contributed by atoms with Gasteiger partial charge in [-0.3, -0.25) is 9.98 Å². The summed E-state index contributed by atoms with van der Waals surface area (Å²) in [6.07, 6.45) is 13.1. The largest absolute Gasteiger partial charge is 0.320 e. The van der Waals surface area contributed by atoms with Crippen LogP contribution in [0, 0.1) is 11.7 Å². The molecule has 172 valence electrons. The maximum Gasteiger partial charge on any atom is 0.126 e. The zero-order valence-corrected chi connectivity index (χ0v) is 19.9. The molecular weight excluding hydrogens is 385 g/mol. The molecule has 0 spiro atoms. The van der Waals surface area contributed by atoms with Crippen molar-refractivity contribution in [3.05, 3.63) is 59.1 Å². The van der Waals surface area contributed by atoms with Crippen LogP contribution in [0.15, 0.2) is 52.1 Å². The highest BCUT2D eigenvalue weighted by molar-refractivity contribution is 5.78. The van der Waals surface area contributed by atoms with Crippen LogP contribution in [-0.2, 0) is 12.8 Å². The summed E-state index contributed by atoms with van der Waals surface area (Å²) in [5.41, 5.74) is 3.96. The Hall–Kier alpha value is -2.07. The molecule has 1 aromatic rings. The number of rotatable bonds is 17. The molecule has 4 heteroatoms. The molecule has 1 unspecified atom stereocenters. The van der Waals surface area contributed by atoms with Crippen LogP contribution in [0.3, 0.4) is 0 Å². The predicted molar refractivity (Wildman–Crippen MR) is 135 cm³/mol. The van der Waals surface area contributed by atoms with Gasteiger partial charge in [-0.15, -0.1) is 0 Å². The molecule has 0 saturated heterocycles. The van der Waals surface area contributed by atoms with Crippen LogP contribution in [0.25, 0.3) is 0 Å². The summed E-state index contributed by atoms with van der Waals surface area (Å²) >= 11 is 0. The van der Waals surface area contributed by atoms with Crippen molar-refractivity contribution in [2.75, 3.05) is 20.1 Å². The molecule has 0 amide bonds. The Kier molecular flexibility index (Phi) is 14.4. The van der Waals surface area contributed by atoms with Gasteiger partial charge in [0.05, 0.1) is 0 Å². The van der Waals surface area contributed by atoms with Crippen molar-refractivity contribution in [1.29, 1.82) is 0 Å². The molecule has 0 aliphatic carbocycles. The van der Waals surface area contributed by atoms with Crippen LogP contribution in [-0.4, -0.2) is 33.1 Å². The SMILES string of the molecule is C=N/C=C(\C=N/CCC(CCCCc1ccc(CC(=C)C)c(F)c1)CCNC)CCC. The zero-order valence-electron chi connectivity index (χ0n) is 19.9. The van der Waals surface area contributed by atoms with Crippen molar-refractivity contribution in [1.82, 2.24) is 5.32 Å². The Bertz CT molecular complexity index is 721. The fourth-order valence-electron chi connectivity index (χ4n) is 3.77. The second-order valence-electron chi connectivity index (χ2n) is 8.52. The van der Waals surface area contributed by atoms with E-state index in [2.05, 4.69) is 41.6 Å². The minimum absolute atomic E-state index is 0.103. The number of unbranched alkanes of at least 4 members (excludes halogenated alkanes) is 1. The van der Waals surface area contributed by atoms with Gasteiger partial charge in [0.25, 0.3) is 0 Å². The first-order chi connectivity index (χ1) is 15.0. The topological polar surface area (TPSA) is 36.8 Å². The second-order valence-corrected chi connectivity index (χ2v) is 8.52. The van der Waals surface area contributed by atoms with E-state index in [0.717, 1.165) is 73.9 Å². The lowest BCUT2D eigenvalue weighted by molar-refractivity contribution is 0.403. The van der Waals surface area contributed by atoms with Crippen molar-refractivity contribution in [2.45, 2.75) is 71.6 Å². The average Bonchev–Trinajstić information content (AvgIpc) is 2.73.